The summed E-state index contributed by atoms with van der Waals surface area (Å²) in [6, 6.07) is 0. The molecule has 230 valence electrons. The van der Waals surface area contributed by atoms with Crippen molar-refractivity contribution in [1.82, 2.24) is 5.32 Å². The van der Waals surface area contributed by atoms with Crippen LogP contribution in [0.4, 0.5) is 4.79 Å². The zero-order valence-electron chi connectivity index (χ0n) is 26.2. The molecule has 0 radical (unpaired) electrons. The van der Waals surface area contributed by atoms with Crippen LogP contribution < -0.4 is 5.32 Å². The zero-order valence-corrected chi connectivity index (χ0v) is 27.1. The number of allylic oxidation sites excluding steroid dienone is 1. The van der Waals surface area contributed by atoms with Crippen LogP contribution in [0.3, 0.4) is 0 Å². The monoisotopic (exact) mass is 577 g/mol. The van der Waals surface area contributed by atoms with E-state index in [0.717, 1.165) is 54.8 Å². The minimum atomic E-state index is -0.314. The molecule has 1 unspecified atom stereocenters. The third kappa shape index (κ3) is 7.43. The molecule has 0 spiro atoms. The second-order valence-corrected chi connectivity index (χ2v) is 14.9. The molecule has 8 atom stereocenters. The Balaban J connectivity index is 1.26. The van der Waals surface area contributed by atoms with Gasteiger partial charge in [0.2, 0.25) is 0 Å². The second-order valence-electron chi connectivity index (χ2n) is 14.4. The zero-order chi connectivity index (χ0) is 28.8. The Labute approximate surface area is 250 Å². The second kappa shape index (κ2) is 14.6. The Morgan fingerprint density at radius 1 is 1.00 bits per heavy atom. The third-order valence-corrected chi connectivity index (χ3v) is 11.8. The van der Waals surface area contributed by atoms with Crippen LogP contribution in [0.15, 0.2) is 11.6 Å². The lowest BCUT2D eigenvalue weighted by Crippen LogP contribution is -2.51. The number of amides is 1. The van der Waals surface area contributed by atoms with Crippen LogP contribution in [0.25, 0.3) is 0 Å². The van der Waals surface area contributed by atoms with Gasteiger partial charge in [-0.1, -0.05) is 65.5 Å². The molecule has 0 aliphatic heterocycles. The minimum absolute atomic E-state index is 0.0113. The fourth-order valence-electron chi connectivity index (χ4n) is 9.56. The fraction of sp³-hybridized carbons (Fsp3) is 0.912. The van der Waals surface area contributed by atoms with Crippen LogP contribution in [-0.4, -0.2) is 50.9 Å². The summed E-state index contributed by atoms with van der Waals surface area (Å²) >= 11 is 4.11. The van der Waals surface area contributed by atoms with Crippen LogP contribution in [0.2, 0.25) is 0 Å². The first-order valence-corrected chi connectivity index (χ1v) is 17.2. The summed E-state index contributed by atoms with van der Waals surface area (Å²) in [6.07, 6.45) is 16.4. The first-order valence-electron chi connectivity index (χ1n) is 16.6. The molecule has 5 nitrogen and oxygen atoms in total. The molecular weight excluding hydrogens is 518 g/mol. The number of carbonyl (C=O) groups excluding carboxylic acids is 1. The number of ether oxygens (including phenoxy) is 3. The largest absolute Gasteiger partial charge is 0.446 e. The van der Waals surface area contributed by atoms with Crippen molar-refractivity contribution >= 4 is 18.7 Å². The number of rotatable bonds is 14. The molecule has 40 heavy (non-hydrogen) atoms. The van der Waals surface area contributed by atoms with E-state index in [2.05, 4.69) is 58.6 Å². The molecule has 1 N–H and O–H groups in total. The summed E-state index contributed by atoms with van der Waals surface area (Å²) in [4.78, 5) is 12.5. The maximum atomic E-state index is 12.5. The summed E-state index contributed by atoms with van der Waals surface area (Å²) in [7, 11) is 0. The maximum absolute atomic E-state index is 12.5. The molecule has 1 amide bonds. The first-order chi connectivity index (χ1) is 19.2. The van der Waals surface area contributed by atoms with Crippen molar-refractivity contribution in [2.24, 2.45) is 46.3 Å². The molecule has 0 bridgehead atoms. The highest BCUT2D eigenvalue weighted by Crippen LogP contribution is 2.67. The van der Waals surface area contributed by atoms with E-state index in [1.807, 2.05) is 0 Å². The summed E-state index contributed by atoms with van der Waals surface area (Å²) in [5, 5.41) is 2.86. The molecule has 4 aliphatic carbocycles. The van der Waals surface area contributed by atoms with E-state index in [1.54, 1.807) is 5.57 Å². The number of hydrogen-bond donors (Lipinski definition) is 2. The van der Waals surface area contributed by atoms with Gasteiger partial charge in [0.1, 0.15) is 6.10 Å². The van der Waals surface area contributed by atoms with E-state index in [0.29, 0.717) is 44.1 Å². The van der Waals surface area contributed by atoms with E-state index in [-0.39, 0.29) is 17.6 Å². The minimum Gasteiger partial charge on any atom is -0.446 e. The van der Waals surface area contributed by atoms with Crippen LogP contribution in [-0.2, 0) is 14.2 Å². The number of alkyl carbamates (subject to hydrolysis) is 1. The Hall–Kier alpha value is -0.720. The van der Waals surface area contributed by atoms with Crippen molar-refractivity contribution in [1.29, 1.82) is 0 Å². The van der Waals surface area contributed by atoms with Gasteiger partial charge in [0, 0.05) is 18.7 Å². The van der Waals surface area contributed by atoms with Gasteiger partial charge in [0.05, 0.1) is 26.4 Å². The predicted molar refractivity (Wildman–Crippen MR) is 167 cm³/mol. The van der Waals surface area contributed by atoms with Crippen LogP contribution in [0.5, 0.6) is 0 Å². The molecule has 0 aromatic rings. The van der Waals surface area contributed by atoms with Gasteiger partial charge in [-0.3, -0.25) is 0 Å². The fourth-order valence-corrected chi connectivity index (χ4v) is 9.69. The summed E-state index contributed by atoms with van der Waals surface area (Å²) < 4.78 is 16.7. The summed E-state index contributed by atoms with van der Waals surface area (Å²) in [5.41, 5.74) is 2.38. The molecule has 0 aromatic carbocycles. The predicted octanol–water partition coefficient (Wildman–Crippen LogP) is 8.09. The van der Waals surface area contributed by atoms with Crippen LogP contribution in [0.1, 0.15) is 105 Å². The van der Waals surface area contributed by atoms with E-state index >= 15 is 0 Å². The Bertz CT molecular complexity index is 848. The van der Waals surface area contributed by atoms with Gasteiger partial charge in [-0.05, 0) is 91.3 Å². The van der Waals surface area contributed by atoms with Crippen molar-refractivity contribution in [2.45, 2.75) is 111 Å². The Morgan fingerprint density at radius 3 is 2.52 bits per heavy atom. The topological polar surface area (TPSA) is 56.8 Å². The van der Waals surface area contributed by atoms with E-state index < -0.39 is 0 Å². The van der Waals surface area contributed by atoms with Crippen molar-refractivity contribution in [2.75, 3.05) is 38.7 Å². The van der Waals surface area contributed by atoms with Gasteiger partial charge in [-0.25, -0.2) is 4.79 Å². The van der Waals surface area contributed by atoms with E-state index in [1.165, 1.54) is 51.4 Å². The van der Waals surface area contributed by atoms with E-state index in [9.17, 15) is 4.79 Å². The molecule has 3 fully saturated rings. The standard InChI is InChI=1S/C34H59NO4S/c1-24(2)7-6-8-25(3)29-11-12-30-28-10-9-26-23-27(13-15-33(26,4)31(28)14-16-34(29,30)5)39-32(36)35-17-18-37-19-20-38-21-22-40/h9,24-25,27-31,40H,6-8,10-23H2,1-5H3,(H,35,36)/t25-,27?,28+,29-,30+,31+,33+,34-/m1/s1. The summed E-state index contributed by atoms with van der Waals surface area (Å²) in [5.74, 6) is 5.82. The van der Waals surface area contributed by atoms with Crippen molar-refractivity contribution in [3.63, 3.8) is 0 Å². The lowest BCUT2D eigenvalue weighted by atomic mass is 9.47. The lowest BCUT2D eigenvalue weighted by Gasteiger charge is -2.58. The maximum Gasteiger partial charge on any atom is 0.407 e. The molecule has 0 heterocycles. The van der Waals surface area contributed by atoms with Gasteiger partial charge >= 0.3 is 6.09 Å². The molecule has 3 saturated carbocycles. The molecule has 0 aromatic heterocycles. The number of hydrogen-bond acceptors (Lipinski definition) is 5. The smallest absolute Gasteiger partial charge is 0.407 e. The average molecular weight is 578 g/mol. The molecule has 4 aliphatic rings. The highest BCUT2D eigenvalue weighted by atomic mass is 32.1. The van der Waals surface area contributed by atoms with Crippen LogP contribution >= 0.6 is 12.6 Å². The average Bonchev–Trinajstić information content (AvgIpc) is 3.27. The Morgan fingerprint density at radius 2 is 1.77 bits per heavy atom. The van der Waals surface area contributed by atoms with Gasteiger partial charge in [0.25, 0.3) is 0 Å². The van der Waals surface area contributed by atoms with Gasteiger partial charge in [-0.2, -0.15) is 12.6 Å². The normalized spacial score (nSPS) is 35.9. The van der Waals surface area contributed by atoms with Gasteiger partial charge < -0.3 is 19.5 Å². The molecule has 4 rings (SSSR count). The first kappa shape index (κ1) is 32.2. The summed E-state index contributed by atoms with van der Waals surface area (Å²) in [6.45, 7) is 15.2. The van der Waals surface area contributed by atoms with Crippen molar-refractivity contribution < 1.29 is 19.0 Å². The Kier molecular flexibility index (Phi) is 11.8. The number of thiol groups is 1. The number of fused-ring (bicyclic) bond motifs is 5. The third-order valence-electron chi connectivity index (χ3n) is 11.7. The highest BCUT2D eigenvalue weighted by molar-refractivity contribution is 7.80. The number of carbonyl (C=O) groups is 1. The lowest BCUT2D eigenvalue weighted by molar-refractivity contribution is -0.0581. The highest BCUT2D eigenvalue weighted by Gasteiger charge is 2.59. The van der Waals surface area contributed by atoms with Crippen molar-refractivity contribution in [3.8, 4) is 0 Å². The molecular formula is C34H59NO4S. The van der Waals surface area contributed by atoms with E-state index in [4.69, 9.17) is 14.2 Å². The number of nitrogens with one attached hydrogen (secondary N) is 1. The van der Waals surface area contributed by atoms with Crippen molar-refractivity contribution in [3.05, 3.63) is 11.6 Å². The molecule has 6 heteroatoms. The quantitative estimate of drug-likeness (QED) is 0.124. The molecule has 0 saturated heterocycles. The van der Waals surface area contributed by atoms with Crippen LogP contribution in [0, 0.1) is 46.3 Å². The van der Waals surface area contributed by atoms with Gasteiger partial charge in [0.15, 0.2) is 0 Å². The van der Waals surface area contributed by atoms with Gasteiger partial charge in [-0.15, -0.1) is 0 Å². The SMILES string of the molecule is CC(C)CCC[C@@H](C)[C@H]1CC[C@H]2[C@@H]3CC=C4CC(OC(=O)NCCOCCOCCS)CC[C@]4(C)[C@H]3CC[C@]12C.